The molecular weight excluding hydrogens is 240 g/mol. The predicted octanol–water partition coefficient (Wildman–Crippen LogP) is 2.50. The van der Waals surface area contributed by atoms with Gasteiger partial charge in [0.25, 0.3) is 0 Å². The lowest BCUT2D eigenvalue weighted by atomic mass is 10.1. The Labute approximate surface area is 114 Å². The van der Waals surface area contributed by atoms with Crippen molar-refractivity contribution in [2.45, 2.75) is 39.2 Å². The predicted molar refractivity (Wildman–Crippen MR) is 73.9 cm³/mol. The highest BCUT2D eigenvalue weighted by Crippen LogP contribution is 2.18. The van der Waals surface area contributed by atoms with Gasteiger partial charge in [0.05, 0.1) is 6.54 Å². The Hall–Kier alpha value is -1.58. The first-order valence-electron chi connectivity index (χ1n) is 6.99. The Morgan fingerprint density at radius 2 is 2.21 bits per heavy atom. The van der Waals surface area contributed by atoms with Gasteiger partial charge in [0.1, 0.15) is 11.9 Å². The molecule has 1 amide bonds. The van der Waals surface area contributed by atoms with Crippen LogP contribution in [-0.4, -0.2) is 35.0 Å². The highest BCUT2D eigenvalue weighted by atomic mass is 16.5. The Morgan fingerprint density at radius 1 is 1.47 bits per heavy atom. The molecule has 1 aromatic rings. The summed E-state index contributed by atoms with van der Waals surface area (Å²) in [7, 11) is 0. The Morgan fingerprint density at radius 3 is 2.89 bits per heavy atom. The summed E-state index contributed by atoms with van der Waals surface area (Å²) in [4.78, 5) is 18.0. The van der Waals surface area contributed by atoms with Crippen molar-refractivity contribution < 1.29 is 9.53 Å². The molecule has 0 aliphatic carbocycles. The first kappa shape index (κ1) is 13.8. The molecule has 4 heteroatoms. The van der Waals surface area contributed by atoms with Crippen LogP contribution in [0.1, 0.15) is 33.1 Å². The highest BCUT2D eigenvalue weighted by molar-refractivity contribution is 5.76. The molecule has 0 N–H and O–H groups in total. The number of likely N-dealkylation sites (tertiary alicyclic amines) is 1. The van der Waals surface area contributed by atoms with Crippen LogP contribution in [0.4, 0.5) is 0 Å². The largest absolute Gasteiger partial charge is 0.488 e. The van der Waals surface area contributed by atoms with Gasteiger partial charge in [0.15, 0.2) is 0 Å². The minimum Gasteiger partial charge on any atom is -0.488 e. The summed E-state index contributed by atoms with van der Waals surface area (Å²) in [5.74, 6) is 1.49. The van der Waals surface area contributed by atoms with Crippen LogP contribution in [-0.2, 0) is 4.79 Å². The molecule has 0 saturated carbocycles. The number of nitrogens with zero attached hydrogens (tertiary/aromatic N) is 2. The van der Waals surface area contributed by atoms with Gasteiger partial charge >= 0.3 is 0 Å². The monoisotopic (exact) mass is 262 g/mol. The normalized spacial score (nSPS) is 19.5. The van der Waals surface area contributed by atoms with E-state index in [9.17, 15) is 4.79 Å². The maximum atomic E-state index is 12.1. The van der Waals surface area contributed by atoms with Crippen LogP contribution in [0.15, 0.2) is 24.5 Å². The van der Waals surface area contributed by atoms with Gasteiger partial charge in [-0.2, -0.15) is 0 Å². The summed E-state index contributed by atoms with van der Waals surface area (Å²) in [6.45, 7) is 5.72. The highest BCUT2D eigenvalue weighted by Gasteiger charge is 2.25. The van der Waals surface area contributed by atoms with Gasteiger partial charge < -0.3 is 9.64 Å². The molecule has 1 aliphatic heterocycles. The topological polar surface area (TPSA) is 42.4 Å². The third kappa shape index (κ3) is 4.23. The van der Waals surface area contributed by atoms with E-state index in [2.05, 4.69) is 18.8 Å². The van der Waals surface area contributed by atoms with Crippen molar-refractivity contribution >= 4 is 5.91 Å². The maximum absolute atomic E-state index is 12.1. The van der Waals surface area contributed by atoms with Crippen molar-refractivity contribution in [2.24, 2.45) is 5.92 Å². The van der Waals surface area contributed by atoms with Crippen molar-refractivity contribution in [3.8, 4) is 5.75 Å². The lowest BCUT2D eigenvalue weighted by Crippen LogP contribution is -2.44. The number of hydrogen-bond acceptors (Lipinski definition) is 3. The van der Waals surface area contributed by atoms with E-state index in [1.165, 1.54) is 0 Å². The van der Waals surface area contributed by atoms with Crippen LogP contribution >= 0.6 is 0 Å². The maximum Gasteiger partial charge on any atom is 0.222 e. The second-order valence-electron chi connectivity index (χ2n) is 5.50. The lowest BCUT2D eigenvalue weighted by Gasteiger charge is -2.33. The van der Waals surface area contributed by atoms with Crippen LogP contribution < -0.4 is 4.74 Å². The van der Waals surface area contributed by atoms with E-state index in [4.69, 9.17) is 4.74 Å². The number of carbonyl (C=O) groups excluding carboxylic acids is 1. The molecule has 1 unspecified atom stereocenters. The molecule has 2 rings (SSSR count). The number of hydrogen-bond donors (Lipinski definition) is 0. The van der Waals surface area contributed by atoms with Gasteiger partial charge in [-0.25, -0.2) is 0 Å². The average molecular weight is 262 g/mol. The molecule has 1 saturated heterocycles. The van der Waals surface area contributed by atoms with E-state index in [0.29, 0.717) is 18.9 Å². The molecule has 0 radical (unpaired) electrons. The number of rotatable bonds is 4. The van der Waals surface area contributed by atoms with Gasteiger partial charge in [-0.05, 0) is 30.9 Å². The zero-order valence-corrected chi connectivity index (χ0v) is 11.7. The van der Waals surface area contributed by atoms with Crippen LogP contribution in [0.25, 0.3) is 0 Å². The molecule has 0 spiro atoms. The van der Waals surface area contributed by atoms with Crippen molar-refractivity contribution in [1.29, 1.82) is 0 Å². The summed E-state index contributed by atoms with van der Waals surface area (Å²) in [6, 6.07) is 3.71. The first-order chi connectivity index (χ1) is 9.15. The molecule has 1 fully saturated rings. The minimum atomic E-state index is 0.104. The van der Waals surface area contributed by atoms with E-state index in [-0.39, 0.29) is 12.0 Å². The number of ether oxygens (including phenoxy) is 1. The molecule has 1 aliphatic rings. The van der Waals surface area contributed by atoms with Gasteiger partial charge in [0, 0.05) is 25.4 Å². The van der Waals surface area contributed by atoms with Crippen molar-refractivity contribution in [2.75, 3.05) is 13.1 Å². The standard InChI is InChI=1S/C15H22N2O2/c1-12(2)10-15(18)17-9-3-4-14(11-17)19-13-5-7-16-8-6-13/h5-8,12,14H,3-4,9-11H2,1-2H3. The molecular formula is C15H22N2O2. The fraction of sp³-hybridized carbons (Fsp3) is 0.600. The number of pyridine rings is 1. The molecule has 2 heterocycles. The Bertz CT molecular complexity index is 406. The Kier molecular flexibility index (Phi) is 4.77. The molecule has 1 atom stereocenters. The summed E-state index contributed by atoms with van der Waals surface area (Å²) in [6.07, 6.45) is 6.20. The Balaban J connectivity index is 1.88. The van der Waals surface area contributed by atoms with Crippen LogP contribution in [0, 0.1) is 5.92 Å². The number of piperidine rings is 1. The summed E-state index contributed by atoms with van der Waals surface area (Å²) >= 11 is 0. The van der Waals surface area contributed by atoms with Crippen LogP contribution in [0.2, 0.25) is 0 Å². The summed E-state index contributed by atoms with van der Waals surface area (Å²) in [5, 5.41) is 0. The number of amides is 1. The average Bonchev–Trinajstić information content (AvgIpc) is 2.39. The van der Waals surface area contributed by atoms with Crippen LogP contribution in [0.5, 0.6) is 5.75 Å². The molecule has 0 bridgehead atoms. The third-order valence-electron chi connectivity index (χ3n) is 3.27. The van der Waals surface area contributed by atoms with Crippen molar-refractivity contribution in [3.63, 3.8) is 0 Å². The quantitative estimate of drug-likeness (QED) is 0.837. The van der Waals surface area contributed by atoms with E-state index < -0.39 is 0 Å². The van der Waals surface area contributed by atoms with Crippen molar-refractivity contribution in [3.05, 3.63) is 24.5 Å². The van der Waals surface area contributed by atoms with Gasteiger partial charge in [-0.1, -0.05) is 13.8 Å². The summed E-state index contributed by atoms with van der Waals surface area (Å²) in [5.41, 5.74) is 0. The van der Waals surface area contributed by atoms with E-state index in [1.807, 2.05) is 17.0 Å². The van der Waals surface area contributed by atoms with E-state index >= 15 is 0 Å². The first-order valence-corrected chi connectivity index (χ1v) is 6.99. The zero-order valence-electron chi connectivity index (χ0n) is 11.7. The minimum absolute atomic E-state index is 0.104. The fourth-order valence-electron chi connectivity index (χ4n) is 2.35. The zero-order chi connectivity index (χ0) is 13.7. The van der Waals surface area contributed by atoms with Crippen molar-refractivity contribution in [1.82, 2.24) is 9.88 Å². The number of carbonyl (C=O) groups is 1. The second kappa shape index (κ2) is 6.55. The van der Waals surface area contributed by atoms with Gasteiger partial charge in [-0.3, -0.25) is 9.78 Å². The second-order valence-corrected chi connectivity index (χ2v) is 5.50. The van der Waals surface area contributed by atoms with E-state index in [0.717, 1.165) is 25.1 Å². The fourth-order valence-corrected chi connectivity index (χ4v) is 2.35. The lowest BCUT2D eigenvalue weighted by molar-refractivity contribution is -0.134. The number of aromatic nitrogens is 1. The molecule has 0 aromatic carbocycles. The smallest absolute Gasteiger partial charge is 0.222 e. The van der Waals surface area contributed by atoms with Gasteiger partial charge in [-0.15, -0.1) is 0 Å². The summed E-state index contributed by atoms with van der Waals surface area (Å²) < 4.78 is 5.91. The molecule has 1 aromatic heterocycles. The van der Waals surface area contributed by atoms with Gasteiger partial charge in [0.2, 0.25) is 5.91 Å². The molecule has 19 heavy (non-hydrogen) atoms. The molecule has 4 nitrogen and oxygen atoms in total. The SMILES string of the molecule is CC(C)CC(=O)N1CCCC(Oc2ccncc2)C1. The van der Waals surface area contributed by atoms with E-state index in [1.54, 1.807) is 12.4 Å². The van der Waals surface area contributed by atoms with Crippen LogP contribution in [0.3, 0.4) is 0 Å². The molecule has 104 valence electrons. The third-order valence-corrected chi connectivity index (χ3v) is 3.27.